The molecule has 8 nitrogen and oxygen atoms in total. The van der Waals surface area contributed by atoms with Gasteiger partial charge in [-0.3, -0.25) is 4.79 Å². The summed E-state index contributed by atoms with van der Waals surface area (Å²) in [6, 6.07) is 0. The molecule has 1 amide bonds. The average Bonchev–Trinajstić information content (AvgIpc) is 3.07. The monoisotopic (exact) mass is 317 g/mol. The first-order chi connectivity index (χ1) is 11.3. The molecular weight excluding hydrogens is 298 g/mol. The Labute approximate surface area is 133 Å². The third-order valence-corrected chi connectivity index (χ3v) is 4.41. The van der Waals surface area contributed by atoms with Crippen LogP contribution in [0.5, 0.6) is 0 Å². The minimum absolute atomic E-state index is 0.0900. The second-order valence-electron chi connectivity index (χ2n) is 5.86. The van der Waals surface area contributed by atoms with Crippen molar-refractivity contribution < 1.29 is 14.1 Å². The highest BCUT2D eigenvalue weighted by molar-refractivity contribution is 6.07. The number of nitrogens with zero attached hydrogens (tertiary/aromatic N) is 5. The van der Waals surface area contributed by atoms with E-state index >= 15 is 0 Å². The largest absolute Gasteiger partial charge is 0.378 e. The van der Waals surface area contributed by atoms with Gasteiger partial charge in [0.1, 0.15) is 17.5 Å². The van der Waals surface area contributed by atoms with Crippen LogP contribution >= 0.6 is 0 Å². The predicted molar refractivity (Wildman–Crippen MR) is 82.4 cm³/mol. The fourth-order valence-corrected chi connectivity index (χ4v) is 3.18. The van der Waals surface area contributed by atoms with E-state index in [0.29, 0.717) is 35.8 Å². The quantitative estimate of drug-likeness (QED) is 0.819. The lowest BCUT2D eigenvalue weighted by molar-refractivity contribution is 0.0716. The number of ether oxygens (including phenoxy) is 1. The van der Waals surface area contributed by atoms with Crippen LogP contribution in [0.25, 0.3) is 11.1 Å². The Morgan fingerprint density at radius 2 is 1.83 bits per heavy atom. The normalized spacial score (nSPS) is 19.3. The Morgan fingerprint density at radius 3 is 2.61 bits per heavy atom. The maximum absolute atomic E-state index is 12.8. The van der Waals surface area contributed by atoms with E-state index in [0.717, 1.165) is 39.0 Å². The number of hydrogen-bond acceptors (Lipinski definition) is 7. The van der Waals surface area contributed by atoms with Crippen LogP contribution < -0.4 is 4.90 Å². The molecule has 0 spiro atoms. The molecule has 0 unspecified atom stereocenters. The van der Waals surface area contributed by atoms with E-state index in [1.54, 1.807) is 0 Å². The third-order valence-electron chi connectivity index (χ3n) is 4.41. The molecule has 2 aromatic heterocycles. The molecule has 0 saturated carbocycles. The number of carbonyl (C=O) groups is 1. The van der Waals surface area contributed by atoms with Crippen molar-refractivity contribution in [1.29, 1.82) is 0 Å². The highest BCUT2D eigenvalue weighted by Gasteiger charge is 2.28. The molecule has 122 valence electrons. The van der Waals surface area contributed by atoms with Gasteiger partial charge in [0.2, 0.25) is 0 Å². The van der Waals surface area contributed by atoms with E-state index in [1.165, 1.54) is 12.7 Å². The van der Waals surface area contributed by atoms with Crippen molar-refractivity contribution in [3.8, 4) is 0 Å². The molecule has 0 atom stereocenters. The molecule has 0 radical (unpaired) electrons. The van der Waals surface area contributed by atoms with Crippen LogP contribution in [0, 0.1) is 0 Å². The number of fused-ring (bicyclic) bond motifs is 1. The Kier molecular flexibility index (Phi) is 3.82. The lowest BCUT2D eigenvalue weighted by Gasteiger charge is -2.28. The van der Waals surface area contributed by atoms with Crippen LogP contribution in [-0.2, 0) is 4.74 Å². The average molecular weight is 317 g/mol. The standard InChI is InChI=1S/C15H19N5O3/c21-15(20-4-2-1-3-5-20)12-11-13(19-6-8-22-9-7-19)16-10-17-14(11)23-18-12/h10H,1-9H2. The molecule has 2 aromatic rings. The number of anilines is 1. The van der Waals surface area contributed by atoms with Crippen molar-refractivity contribution in [2.75, 3.05) is 44.3 Å². The molecular formula is C15H19N5O3. The summed E-state index contributed by atoms with van der Waals surface area (Å²) in [6.45, 7) is 4.29. The Morgan fingerprint density at radius 1 is 1.04 bits per heavy atom. The molecule has 2 saturated heterocycles. The van der Waals surface area contributed by atoms with Crippen LogP contribution in [0.3, 0.4) is 0 Å². The summed E-state index contributed by atoms with van der Waals surface area (Å²) in [7, 11) is 0. The van der Waals surface area contributed by atoms with Crippen LogP contribution in [0.1, 0.15) is 29.8 Å². The zero-order chi connectivity index (χ0) is 15.6. The van der Waals surface area contributed by atoms with E-state index in [1.807, 2.05) is 4.90 Å². The smallest absolute Gasteiger partial charge is 0.276 e. The molecule has 2 fully saturated rings. The second kappa shape index (κ2) is 6.11. The van der Waals surface area contributed by atoms with Crippen molar-refractivity contribution >= 4 is 22.8 Å². The summed E-state index contributed by atoms with van der Waals surface area (Å²) >= 11 is 0. The van der Waals surface area contributed by atoms with Gasteiger partial charge in [-0.15, -0.1) is 0 Å². The van der Waals surface area contributed by atoms with Crippen molar-refractivity contribution in [2.45, 2.75) is 19.3 Å². The molecule has 0 bridgehead atoms. The first-order valence-electron chi connectivity index (χ1n) is 8.07. The topological polar surface area (TPSA) is 84.6 Å². The van der Waals surface area contributed by atoms with Crippen molar-refractivity contribution in [3.63, 3.8) is 0 Å². The molecule has 8 heteroatoms. The fourth-order valence-electron chi connectivity index (χ4n) is 3.18. The Bertz CT molecular complexity index is 704. The summed E-state index contributed by atoms with van der Waals surface area (Å²) in [5.74, 6) is 0.618. The number of rotatable bonds is 2. The number of amides is 1. The van der Waals surface area contributed by atoms with Gasteiger partial charge in [0.25, 0.3) is 11.6 Å². The van der Waals surface area contributed by atoms with Gasteiger partial charge in [0, 0.05) is 26.2 Å². The van der Waals surface area contributed by atoms with Gasteiger partial charge in [0.05, 0.1) is 13.2 Å². The van der Waals surface area contributed by atoms with Gasteiger partial charge >= 0.3 is 0 Å². The van der Waals surface area contributed by atoms with Crippen LogP contribution in [0.4, 0.5) is 5.82 Å². The molecule has 2 aliphatic rings. The predicted octanol–water partition coefficient (Wildman–Crippen LogP) is 1.08. The molecule has 2 aliphatic heterocycles. The van der Waals surface area contributed by atoms with Crippen LogP contribution in [0.2, 0.25) is 0 Å². The molecule has 0 aromatic carbocycles. The lowest BCUT2D eigenvalue weighted by atomic mass is 10.1. The van der Waals surface area contributed by atoms with Gasteiger partial charge in [0.15, 0.2) is 5.69 Å². The maximum Gasteiger partial charge on any atom is 0.276 e. The molecule has 23 heavy (non-hydrogen) atoms. The minimum atomic E-state index is -0.0900. The molecule has 0 N–H and O–H groups in total. The van der Waals surface area contributed by atoms with Gasteiger partial charge in [-0.1, -0.05) is 5.16 Å². The molecule has 4 heterocycles. The van der Waals surface area contributed by atoms with Gasteiger partial charge in [-0.05, 0) is 19.3 Å². The van der Waals surface area contributed by atoms with E-state index < -0.39 is 0 Å². The second-order valence-corrected chi connectivity index (χ2v) is 5.86. The van der Waals surface area contributed by atoms with E-state index in [2.05, 4.69) is 20.0 Å². The highest BCUT2D eigenvalue weighted by Crippen LogP contribution is 2.28. The van der Waals surface area contributed by atoms with Gasteiger partial charge in [-0.25, -0.2) is 4.98 Å². The fraction of sp³-hybridized carbons (Fsp3) is 0.600. The highest BCUT2D eigenvalue weighted by atomic mass is 16.5. The van der Waals surface area contributed by atoms with Gasteiger partial charge in [-0.2, -0.15) is 4.98 Å². The maximum atomic E-state index is 12.8. The van der Waals surface area contributed by atoms with E-state index in [4.69, 9.17) is 9.26 Å². The Hall–Kier alpha value is -2.22. The lowest BCUT2D eigenvalue weighted by Crippen LogP contribution is -2.38. The Balaban J connectivity index is 1.73. The molecule has 0 aliphatic carbocycles. The van der Waals surface area contributed by atoms with Crippen LogP contribution in [0.15, 0.2) is 10.9 Å². The number of carbonyl (C=O) groups excluding carboxylic acids is 1. The number of likely N-dealkylation sites (tertiary alicyclic amines) is 1. The SMILES string of the molecule is O=C(c1noc2ncnc(N3CCOCC3)c12)N1CCCCC1. The summed E-state index contributed by atoms with van der Waals surface area (Å²) in [5.41, 5.74) is 0.686. The van der Waals surface area contributed by atoms with E-state index in [-0.39, 0.29) is 5.91 Å². The number of aromatic nitrogens is 3. The van der Waals surface area contributed by atoms with Crippen LogP contribution in [-0.4, -0.2) is 65.3 Å². The van der Waals surface area contributed by atoms with E-state index in [9.17, 15) is 4.79 Å². The number of morpholine rings is 1. The zero-order valence-corrected chi connectivity index (χ0v) is 12.9. The number of piperidine rings is 1. The summed E-state index contributed by atoms with van der Waals surface area (Å²) < 4.78 is 10.7. The van der Waals surface area contributed by atoms with Crippen molar-refractivity contribution in [2.24, 2.45) is 0 Å². The molecule has 4 rings (SSSR count). The third kappa shape index (κ3) is 2.63. The first kappa shape index (κ1) is 14.4. The van der Waals surface area contributed by atoms with Crippen molar-refractivity contribution in [3.05, 3.63) is 12.0 Å². The summed E-state index contributed by atoms with van der Waals surface area (Å²) in [4.78, 5) is 25.2. The summed E-state index contributed by atoms with van der Waals surface area (Å²) in [5, 5.41) is 4.62. The zero-order valence-electron chi connectivity index (χ0n) is 12.9. The number of hydrogen-bond donors (Lipinski definition) is 0. The van der Waals surface area contributed by atoms with Gasteiger partial charge < -0.3 is 19.1 Å². The first-order valence-corrected chi connectivity index (χ1v) is 8.07. The van der Waals surface area contributed by atoms with Crippen molar-refractivity contribution in [1.82, 2.24) is 20.0 Å². The minimum Gasteiger partial charge on any atom is -0.378 e. The summed E-state index contributed by atoms with van der Waals surface area (Å²) in [6.07, 6.45) is 4.70.